The largest absolute Gasteiger partial charge is 0.385 e. The molecule has 1 atom stereocenters. The predicted octanol–water partition coefficient (Wildman–Crippen LogP) is 3.35. The third kappa shape index (κ3) is 4.17. The van der Waals surface area contributed by atoms with Gasteiger partial charge < -0.3 is 10.4 Å². The second-order valence-corrected chi connectivity index (χ2v) is 6.35. The van der Waals surface area contributed by atoms with E-state index in [1.54, 1.807) is 11.3 Å². The van der Waals surface area contributed by atoms with Crippen molar-refractivity contribution >= 4 is 27.3 Å². The molecule has 0 aromatic carbocycles. The van der Waals surface area contributed by atoms with Gasteiger partial charge in [-0.05, 0) is 53.7 Å². The zero-order chi connectivity index (χ0) is 12.2. The highest BCUT2D eigenvalue weighted by Gasteiger charge is 2.25. The van der Waals surface area contributed by atoms with Gasteiger partial charge in [0.1, 0.15) is 0 Å². The summed E-state index contributed by atoms with van der Waals surface area (Å²) in [5.74, 6) is 0.651. The van der Waals surface area contributed by atoms with Gasteiger partial charge in [0, 0.05) is 15.4 Å². The smallest absolute Gasteiger partial charge is 0.0899 e. The van der Waals surface area contributed by atoms with E-state index in [9.17, 15) is 5.11 Å². The van der Waals surface area contributed by atoms with E-state index in [0.29, 0.717) is 5.92 Å². The summed E-state index contributed by atoms with van der Waals surface area (Å²) in [6.45, 7) is 8.08. The first-order chi connectivity index (χ1) is 7.43. The van der Waals surface area contributed by atoms with Crippen molar-refractivity contribution in [2.24, 2.45) is 5.92 Å². The molecule has 0 bridgehead atoms. The zero-order valence-corrected chi connectivity index (χ0v) is 12.5. The molecule has 16 heavy (non-hydrogen) atoms. The fourth-order valence-electron chi connectivity index (χ4n) is 1.52. The van der Waals surface area contributed by atoms with Crippen molar-refractivity contribution < 1.29 is 5.11 Å². The molecule has 1 heterocycles. The first-order valence-corrected chi connectivity index (χ1v) is 7.32. The maximum atomic E-state index is 10.4. The molecule has 92 valence electrons. The van der Waals surface area contributed by atoms with Gasteiger partial charge in [-0.15, -0.1) is 0 Å². The van der Waals surface area contributed by atoms with Crippen LogP contribution in [0.1, 0.15) is 32.8 Å². The van der Waals surface area contributed by atoms with Crippen LogP contribution in [0.3, 0.4) is 0 Å². The van der Waals surface area contributed by atoms with Crippen molar-refractivity contribution in [1.29, 1.82) is 0 Å². The number of hydrogen-bond acceptors (Lipinski definition) is 3. The Morgan fingerprint density at radius 2 is 2.19 bits per heavy atom. The number of hydrogen-bond donors (Lipinski definition) is 2. The molecule has 1 aromatic heterocycles. The first kappa shape index (κ1) is 14.2. The molecule has 2 N–H and O–H groups in total. The number of aliphatic hydroxyl groups is 1. The normalized spacial score (nSPS) is 15.4. The highest BCUT2D eigenvalue weighted by atomic mass is 79.9. The lowest BCUT2D eigenvalue weighted by Crippen LogP contribution is -2.29. The molecule has 1 aromatic rings. The van der Waals surface area contributed by atoms with Gasteiger partial charge in [0.25, 0.3) is 0 Å². The minimum Gasteiger partial charge on any atom is -0.385 e. The van der Waals surface area contributed by atoms with Crippen LogP contribution in [0.15, 0.2) is 15.2 Å². The molecule has 0 saturated heterocycles. The first-order valence-electron chi connectivity index (χ1n) is 5.58. The van der Waals surface area contributed by atoms with Crippen LogP contribution in [0.25, 0.3) is 0 Å². The molecule has 2 nitrogen and oxygen atoms in total. The van der Waals surface area contributed by atoms with E-state index in [-0.39, 0.29) is 0 Å². The third-order valence-corrected chi connectivity index (χ3v) is 4.24. The highest BCUT2D eigenvalue weighted by molar-refractivity contribution is 9.10. The Balaban J connectivity index is 2.43. The SMILES string of the molecule is CC(C)CNCCC(C)(O)c1cscc1Br. The standard InChI is InChI=1S/C12H20BrNOS/c1-9(2)6-14-5-4-12(3,15)10-7-16-8-11(10)13/h7-9,14-15H,4-6H2,1-3H3. The molecular weight excluding hydrogens is 286 g/mol. The Bertz CT molecular complexity index is 323. The molecule has 0 radical (unpaired) electrons. The molecule has 0 aliphatic rings. The van der Waals surface area contributed by atoms with Gasteiger partial charge in [-0.1, -0.05) is 13.8 Å². The Kier molecular flexibility index (Phi) is 5.44. The third-order valence-electron chi connectivity index (χ3n) is 2.54. The Labute approximate surface area is 110 Å². The van der Waals surface area contributed by atoms with Crippen LogP contribution in [0.4, 0.5) is 0 Å². The lowest BCUT2D eigenvalue weighted by molar-refractivity contribution is 0.0476. The molecule has 0 aliphatic carbocycles. The van der Waals surface area contributed by atoms with Crippen LogP contribution in [0.2, 0.25) is 0 Å². The fraction of sp³-hybridized carbons (Fsp3) is 0.667. The molecular formula is C12H20BrNOS. The molecule has 1 rings (SSSR count). The lowest BCUT2D eigenvalue weighted by atomic mass is 9.95. The van der Waals surface area contributed by atoms with Crippen LogP contribution in [-0.2, 0) is 5.60 Å². The Hall–Kier alpha value is 0.100. The molecule has 0 saturated carbocycles. The molecule has 0 aliphatic heterocycles. The molecule has 0 fully saturated rings. The summed E-state index contributed by atoms with van der Waals surface area (Å²) in [6, 6.07) is 0. The van der Waals surface area contributed by atoms with Gasteiger partial charge in [0.15, 0.2) is 0 Å². The fourth-order valence-corrected chi connectivity index (χ4v) is 3.37. The number of thiophene rings is 1. The van der Waals surface area contributed by atoms with E-state index in [1.807, 2.05) is 17.7 Å². The van der Waals surface area contributed by atoms with E-state index >= 15 is 0 Å². The second kappa shape index (κ2) is 6.15. The Morgan fingerprint density at radius 3 is 2.69 bits per heavy atom. The molecule has 0 spiro atoms. The van der Waals surface area contributed by atoms with Crippen molar-refractivity contribution in [1.82, 2.24) is 5.32 Å². The minimum absolute atomic E-state index is 0.651. The van der Waals surface area contributed by atoms with Gasteiger partial charge in [-0.2, -0.15) is 11.3 Å². The van der Waals surface area contributed by atoms with Gasteiger partial charge in [0.2, 0.25) is 0 Å². The van der Waals surface area contributed by atoms with Gasteiger partial charge in [-0.25, -0.2) is 0 Å². The number of rotatable bonds is 6. The molecule has 0 amide bonds. The molecule has 1 unspecified atom stereocenters. The van der Waals surface area contributed by atoms with Crippen molar-refractivity contribution in [3.05, 3.63) is 20.8 Å². The summed E-state index contributed by atoms with van der Waals surface area (Å²) in [5.41, 5.74) is 0.242. The van der Waals surface area contributed by atoms with E-state index < -0.39 is 5.60 Å². The van der Waals surface area contributed by atoms with Crippen molar-refractivity contribution in [2.75, 3.05) is 13.1 Å². The van der Waals surface area contributed by atoms with Gasteiger partial charge in [-0.3, -0.25) is 0 Å². The van der Waals surface area contributed by atoms with Gasteiger partial charge in [0.05, 0.1) is 5.60 Å². The van der Waals surface area contributed by atoms with Crippen LogP contribution in [-0.4, -0.2) is 18.2 Å². The van der Waals surface area contributed by atoms with E-state index in [0.717, 1.165) is 29.5 Å². The lowest BCUT2D eigenvalue weighted by Gasteiger charge is -2.23. The highest BCUT2D eigenvalue weighted by Crippen LogP contribution is 2.33. The summed E-state index contributed by atoms with van der Waals surface area (Å²) < 4.78 is 1.01. The van der Waals surface area contributed by atoms with Crippen molar-refractivity contribution in [2.45, 2.75) is 32.8 Å². The van der Waals surface area contributed by atoms with Crippen molar-refractivity contribution in [3.63, 3.8) is 0 Å². The summed E-state index contributed by atoms with van der Waals surface area (Å²) in [6.07, 6.45) is 0.731. The summed E-state index contributed by atoms with van der Waals surface area (Å²) >= 11 is 5.07. The quantitative estimate of drug-likeness (QED) is 0.790. The van der Waals surface area contributed by atoms with Crippen LogP contribution >= 0.6 is 27.3 Å². The summed E-state index contributed by atoms with van der Waals surface area (Å²) in [7, 11) is 0. The van der Waals surface area contributed by atoms with E-state index in [1.165, 1.54) is 0 Å². The monoisotopic (exact) mass is 305 g/mol. The number of nitrogens with one attached hydrogen (secondary N) is 1. The second-order valence-electron chi connectivity index (χ2n) is 4.76. The maximum Gasteiger partial charge on any atom is 0.0899 e. The van der Waals surface area contributed by atoms with Crippen LogP contribution < -0.4 is 5.32 Å². The predicted molar refractivity (Wildman–Crippen MR) is 73.9 cm³/mol. The minimum atomic E-state index is -0.747. The van der Waals surface area contributed by atoms with Gasteiger partial charge >= 0.3 is 0 Å². The number of halogens is 1. The molecule has 4 heteroatoms. The van der Waals surface area contributed by atoms with Crippen LogP contribution in [0, 0.1) is 5.92 Å². The Morgan fingerprint density at radius 1 is 1.50 bits per heavy atom. The van der Waals surface area contributed by atoms with Crippen LogP contribution in [0.5, 0.6) is 0 Å². The van der Waals surface area contributed by atoms with Crippen molar-refractivity contribution in [3.8, 4) is 0 Å². The van der Waals surface area contributed by atoms with E-state index in [2.05, 4.69) is 35.1 Å². The average Bonchev–Trinajstić information content (AvgIpc) is 2.59. The summed E-state index contributed by atoms with van der Waals surface area (Å²) in [5, 5.41) is 17.7. The topological polar surface area (TPSA) is 32.3 Å². The average molecular weight is 306 g/mol. The maximum absolute atomic E-state index is 10.4. The van der Waals surface area contributed by atoms with E-state index in [4.69, 9.17) is 0 Å². The zero-order valence-electron chi connectivity index (χ0n) is 10.1. The summed E-state index contributed by atoms with van der Waals surface area (Å²) in [4.78, 5) is 0.